The van der Waals surface area contributed by atoms with E-state index in [1.165, 1.54) is 0 Å². The number of likely N-dealkylation sites (tertiary alicyclic amines) is 1. The largest absolute Gasteiger partial charge is 0.411 e. The lowest BCUT2D eigenvalue weighted by Crippen LogP contribution is -2.43. The molecule has 1 aliphatic heterocycles. The van der Waals surface area contributed by atoms with Crippen molar-refractivity contribution in [2.45, 2.75) is 31.7 Å². The number of hydrogen-bond acceptors (Lipinski definition) is 5. The molecule has 96 valence electrons. The van der Waals surface area contributed by atoms with Crippen molar-refractivity contribution in [1.29, 1.82) is 0 Å². The van der Waals surface area contributed by atoms with Crippen LogP contribution in [0.2, 0.25) is 0 Å². The molecule has 0 spiro atoms. The van der Waals surface area contributed by atoms with Crippen LogP contribution in [0.1, 0.15) is 25.7 Å². The molecule has 2 heterocycles. The van der Waals surface area contributed by atoms with E-state index in [-0.39, 0.29) is 23.7 Å². The van der Waals surface area contributed by atoms with Gasteiger partial charge in [0.25, 0.3) is 5.91 Å². The minimum Gasteiger partial charge on any atom is -0.411 e. The molecule has 0 unspecified atom stereocenters. The van der Waals surface area contributed by atoms with Crippen LogP contribution in [0.5, 0.6) is 0 Å². The molecule has 1 saturated heterocycles. The van der Waals surface area contributed by atoms with Gasteiger partial charge in [-0.05, 0) is 25.7 Å². The maximum absolute atomic E-state index is 12.0. The standard InChI is InChI=1S/C11H14N4O3/c16-9(13-11-14-12-6-18-11)8-2-1-5-15(8)10(17)7-3-4-7/h6-8H,1-5H2,(H,13,14,16)/t8-/m0/s1. The fourth-order valence-electron chi connectivity index (χ4n) is 2.28. The zero-order chi connectivity index (χ0) is 12.5. The van der Waals surface area contributed by atoms with Gasteiger partial charge in [-0.2, -0.15) is 0 Å². The summed E-state index contributed by atoms with van der Waals surface area (Å²) in [6.07, 6.45) is 4.61. The van der Waals surface area contributed by atoms with Crippen LogP contribution in [0, 0.1) is 5.92 Å². The summed E-state index contributed by atoms with van der Waals surface area (Å²) in [6, 6.07) is -0.323. The maximum Gasteiger partial charge on any atom is 0.322 e. The number of hydrogen-bond donors (Lipinski definition) is 1. The maximum atomic E-state index is 12.0. The molecule has 1 N–H and O–H groups in total. The van der Waals surface area contributed by atoms with Gasteiger partial charge in [-0.15, -0.1) is 5.10 Å². The van der Waals surface area contributed by atoms with Gasteiger partial charge >= 0.3 is 6.01 Å². The molecule has 1 aromatic heterocycles. The van der Waals surface area contributed by atoms with Crippen LogP contribution in [-0.2, 0) is 9.59 Å². The molecule has 2 amide bonds. The first-order valence-electron chi connectivity index (χ1n) is 6.13. The van der Waals surface area contributed by atoms with E-state index in [4.69, 9.17) is 4.42 Å². The fourth-order valence-corrected chi connectivity index (χ4v) is 2.28. The van der Waals surface area contributed by atoms with Crippen molar-refractivity contribution in [1.82, 2.24) is 15.1 Å². The highest BCUT2D eigenvalue weighted by Gasteiger charge is 2.41. The number of anilines is 1. The lowest BCUT2D eigenvalue weighted by molar-refractivity contribution is -0.137. The van der Waals surface area contributed by atoms with E-state index in [1.807, 2.05) is 0 Å². The van der Waals surface area contributed by atoms with Gasteiger partial charge in [-0.1, -0.05) is 5.10 Å². The molecule has 2 fully saturated rings. The highest BCUT2D eigenvalue weighted by molar-refractivity contribution is 5.96. The second-order valence-corrected chi connectivity index (χ2v) is 4.70. The topological polar surface area (TPSA) is 88.3 Å². The van der Waals surface area contributed by atoms with E-state index in [9.17, 15) is 9.59 Å². The molecule has 1 aliphatic carbocycles. The third kappa shape index (κ3) is 2.07. The van der Waals surface area contributed by atoms with E-state index in [1.54, 1.807) is 4.90 Å². The average molecular weight is 250 g/mol. The first-order chi connectivity index (χ1) is 8.75. The van der Waals surface area contributed by atoms with Crippen LogP contribution < -0.4 is 5.32 Å². The zero-order valence-corrected chi connectivity index (χ0v) is 9.83. The van der Waals surface area contributed by atoms with E-state index < -0.39 is 6.04 Å². The van der Waals surface area contributed by atoms with Crippen molar-refractivity contribution in [3.8, 4) is 0 Å². The van der Waals surface area contributed by atoms with E-state index in [0.717, 1.165) is 25.7 Å². The van der Waals surface area contributed by atoms with Crippen LogP contribution in [0.3, 0.4) is 0 Å². The van der Waals surface area contributed by atoms with Crippen molar-refractivity contribution < 1.29 is 14.0 Å². The lowest BCUT2D eigenvalue weighted by Gasteiger charge is -2.23. The Bertz CT molecular complexity index is 455. The third-order valence-electron chi connectivity index (χ3n) is 3.36. The Kier molecular flexibility index (Phi) is 2.73. The fraction of sp³-hybridized carbons (Fsp3) is 0.636. The molecule has 1 saturated carbocycles. The van der Waals surface area contributed by atoms with Crippen LogP contribution in [0.15, 0.2) is 10.8 Å². The number of amides is 2. The summed E-state index contributed by atoms with van der Waals surface area (Å²) in [4.78, 5) is 25.7. The van der Waals surface area contributed by atoms with Gasteiger partial charge in [0, 0.05) is 12.5 Å². The normalized spacial score (nSPS) is 23.1. The van der Waals surface area contributed by atoms with Gasteiger partial charge < -0.3 is 9.32 Å². The van der Waals surface area contributed by atoms with Crippen LogP contribution in [0.25, 0.3) is 0 Å². The van der Waals surface area contributed by atoms with E-state index in [2.05, 4.69) is 15.5 Å². The smallest absolute Gasteiger partial charge is 0.322 e. The Morgan fingerprint density at radius 1 is 1.39 bits per heavy atom. The lowest BCUT2D eigenvalue weighted by atomic mass is 10.2. The molecule has 3 rings (SSSR count). The van der Waals surface area contributed by atoms with Crippen molar-refractivity contribution >= 4 is 17.8 Å². The summed E-state index contributed by atoms with van der Waals surface area (Å²) in [6.45, 7) is 0.664. The summed E-state index contributed by atoms with van der Waals surface area (Å²) in [5, 5.41) is 9.61. The van der Waals surface area contributed by atoms with Crippen LogP contribution >= 0.6 is 0 Å². The number of nitrogens with one attached hydrogen (secondary N) is 1. The molecular weight excluding hydrogens is 236 g/mol. The highest BCUT2D eigenvalue weighted by atomic mass is 16.4. The molecule has 0 aromatic carbocycles. The number of carbonyl (C=O) groups excluding carboxylic acids is 2. The predicted molar refractivity (Wildman–Crippen MR) is 60.4 cm³/mol. The van der Waals surface area contributed by atoms with Crippen LogP contribution in [0.4, 0.5) is 6.01 Å². The van der Waals surface area contributed by atoms with Gasteiger partial charge in [0.05, 0.1) is 0 Å². The summed E-state index contributed by atoms with van der Waals surface area (Å²) >= 11 is 0. The minimum atomic E-state index is -0.398. The first-order valence-corrected chi connectivity index (χ1v) is 6.13. The SMILES string of the molecule is O=C(Nc1nnco1)[C@@H]1CCCN1C(=O)C1CC1. The second-order valence-electron chi connectivity index (χ2n) is 4.70. The highest BCUT2D eigenvalue weighted by Crippen LogP contribution is 2.33. The van der Waals surface area contributed by atoms with Gasteiger partial charge in [0.15, 0.2) is 0 Å². The Morgan fingerprint density at radius 2 is 2.22 bits per heavy atom. The molecule has 7 heteroatoms. The Balaban J connectivity index is 1.66. The predicted octanol–water partition coefficient (Wildman–Crippen LogP) is 0.409. The molecule has 1 atom stereocenters. The van der Waals surface area contributed by atoms with Crippen molar-refractivity contribution in [2.24, 2.45) is 5.92 Å². The monoisotopic (exact) mass is 250 g/mol. The average Bonchev–Trinajstić information content (AvgIpc) is 2.89. The molecule has 1 aromatic rings. The van der Waals surface area contributed by atoms with Gasteiger partial charge in [-0.25, -0.2) is 0 Å². The number of aromatic nitrogens is 2. The molecular formula is C11H14N4O3. The van der Waals surface area contributed by atoms with Gasteiger partial charge in [0.2, 0.25) is 12.3 Å². The van der Waals surface area contributed by atoms with E-state index >= 15 is 0 Å². The first kappa shape index (κ1) is 11.2. The van der Waals surface area contributed by atoms with Gasteiger partial charge in [-0.3, -0.25) is 14.9 Å². The number of rotatable bonds is 3. The number of nitrogens with zero attached hydrogens (tertiary/aromatic N) is 3. The third-order valence-corrected chi connectivity index (χ3v) is 3.36. The minimum absolute atomic E-state index is 0.0747. The van der Waals surface area contributed by atoms with Crippen molar-refractivity contribution in [3.05, 3.63) is 6.39 Å². The quantitative estimate of drug-likeness (QED) is 0.839. The Hall–Kier alpha value is -1.92. The summed E-state index contributed by atoms with van der Waals surface area (Å²) in [7, 11) is 0. The van der Waals surface area contributed by atoms with Crippen molar-refractivity contribution in [2.75, 3.05) is 11.9 Å². The molecule has 0 radical (unpaired) electrons. The molecule has 2 aliphatic rings. The summed E-state index contributed by atoms with van der Waals surface area (Å²) in [5.41, 5.74) is 0. The molecule has 7 nitrogen and oxygen atoms in total. The van der Waals surface area contributed by atoms with Crippen molar-refractivity contribution in [3.63, 3.8) is 0 Å². The Labute approximate surface area is 104 Å². The van der Waals surface area contributed by atoms with Crippen LogP contribution in [-0.4, -0.2) is 39.5 Å². The number of carbonyl (C=O) groups is 2. The summed E-state index contributed by atoms with van der Waals surface area (Å²) < 4.78 is 4.86. The second kappa shape index (κ2) is 4.40. The Morgan fingerprint density at radius 3 is 2.89 bits per heavy atom. The molecule has 0 bridgehead atoms. The molecule has 18 heavy (non-hydrogen) atoms. The summed E-state index contributed by atoms with van der Waals surface area (Å²) in [5.74, 6) is 0.00531. The van der Waals surface area contributed by atoms with E-state index in [0.29, 0.717) is 13.0 Å². The zero-order valence-electron chi connectivity index (χ0n) is 9.83. The van der Waals surface area contributed by atoms with Gasteiger partial charge in [0.1, 0.15) is 6.04 Å².